The number of carboxylic acid groups (broad SMARTS) is 1. The highest BCUT2D eigenvalue weighted by atomic mass is 16.4. The summed E-state index contributed by atoms with van der Waals surface area (Å²) < 4.78 is 0. The van der Waals surface area contributed by atoms with Gasteiger partial charge in [0.2, 0.25) is 0 Å². The number of pyridine rings is 1. The normalized spacial score (nSPS) is 11.0. The lowest BCUT2D eigenvalue weighted by molar-refractivity contribution is -0.146. The molecule has 0 aromatic carbocycles. The first-order valence-electron chi connectivity index (χ1n) is 4.40. The maximum atomic E-state index is 10.8. The monoisotopic (exact) mass is 194 g/mol. The van der Waals surface area contributed by atoms with Gasteiger partial charge in [-0.15, -0.1) is 0 Å². The molecule has 0 aliphatic carbocycles. The van der Waals surface area contributed by atoms with Gasteiger partial charge in [-0.1, -0.05) is 0 Å². The van der Waals surface area contributed by atoms with E-state index >= 15 is 0 Å². The summed E-state index contributed by atoms with van der Waals surface area (Å²) in [5.74, 6) is -0.806. The van der Waals surface area contributed by atoms with Gasteiger partial charge in [0.05, 0.1) is 5.41 Å². The topological polar surface area (TPSA) is 62.2 Å². The summed E-state index contributed by atoms with van der Waals surface area (Å²) in [7, 11) is 0. The van der Waals surface area contributed by atoms with Gasteiger partial charge in [0.25, 0.3) is 0 Å². The number of rotatable bonds is 4. The maximum Gasteiger partial charge on any atom is 0.310 e. The van der Waals surface area contributed by atoms with Gasteiger partial charge in [-0.2, -0.15) is 0 Å². The van der Waals surface area contributed by atoms with Crippen LogP contribution in [0.2, 0.25) is 0 Å². The van der Waals surface area contributed by atoms with Gasteiger partial charge in [0.15, 0.2) is 0 Å². The highest BCUT2D eigenvalue weighted by molar-refractivity contribution is 5.74. The molecule has 0 bridgehead atoms. The number of hydrogen-bond donors (Lipinski definition) is 2. The van der Waals surface area contributed by atoms with Crippen LogP contribution in [0.15, 0.2) is 24.5 Å². The Balaban J connectivity index is 2.53. The molecule has 76 valence electrons. The van der Waals surface area contributed by atoms with Crippen molar-refractivity contribution in [1.29, 1.82) is 0 Å². The van der Waals surface area contributed by atoms with Gasteiger partial charge < -0.3 is 10.4 Å². The molecule has 1 aromatic rings. The SMILES string of the molecule is CC(C)(CNc1ccncc1)C(=O)O. The van der Waals surface area contributed by atoms with Crippen molar-refractivity contribution in [3.8, 4) is 0 Å². The Morgan fingerprint density at radius 2 is 2.07 bits per heavy atom. The Bertz CT molecular complexity index is 309. The number of anilines is 1. The van der Waals surface area contributed by atoms with Crippen molar-refractivity contribution in [3.05, 3.63) is 24.5 Å². The van der Waals surface area contributed by atoms with Crippen LogP contribution in [0, 0.1) is 5.41 Å². The first-order chi connectivity index (χ1) is 6.52. The Morgan fingerprint density at radius 1 is 1.50 bits per heavy atom. The molecule has 0 saturated heterocycles. The van der Waals surface area contributed by atoms with E-state index in [9.17, 15) is 4.79 Å². The van der Waals surface area contributed by atoms with Crippen molar-refractivity contribution in [3.63, 3.8) is 0 Å². The summed E-state index contributed by atoms with van der Waals surface area (Å²) in [6.45, 7) is 3.76. The molecule has 1 aromatic heterocycles. The van der Waals surface area contributed by atoms with Crippen molar-refractivity contribution in [2.24, 2.45) is 5.41 Å². The van der Waals surface area contributed by atoms with Crippen molar-refractivity contribution in [2.45, 2.75) is 13.8 Å². The molecule has 14 heavy (non-hydrogen) atoms. The predicted molar refractivity (Wildman–Crippen MR) is 54.1 cm³/mol. The fourth-order valence-electron chi connectivity index (χ4n) is 0.868. The van der Waals surface area contributed by atoms with E-state index in [0.29, 0.717) is 6.54 Å². The van der Waals surface area contributed by atoms with E-state index < -0.39 is 11.4 Å². The number of nitrogens with zero attached hydrogens (tertiary/aromatic N) is 1. The van der Waals surface area contributed by atoms with Gasteiger partial charge in [-0.05, 0) is 26.0 Å². The lowest BCUT2D eigenvalue weighted by Crippen LogP contribution is -2.31. The summed E-state index contributed by atoms with van der Waals surface area (Å²) in [6.07, 6.45) is 3.33. The predicted octanol–water partition coefficient (Wildman–Crippen LogP) is 1.60. The molecule has 0 saturated carbocycles. The molecular formula is C10H14N2O2. The zero-order chi connectivity index (χ0) is 10.6. The van der Waals surface area contributed by atoms with E-state index in [0.717, 1.165) is 5.69 Å². The third-order valence-electron chi connectivity index (χ3n) is 1.99. The molecule has 0 fully saturated rings. The summed E-state index contributed by atoms with van der Waals surface area (Å²) in [5, 5.41) is 11.9. The zero-order valence-corrected chi connectivity index (χ0v) is 8.32. The second kappa shape index (κ2) is 4.09. The van der Waals surface area contributed by atoms with Crippen LogP contribution in [-0.2, 0) is 4.79 Å². The van der Waals surface area contributed by atoms with Gasteiger partial charge >= 0.3 is 5.97 Å². The van der Waals surface area contributed by atoms with Crippen LogP contribution in [0.1, 0.15) is 13.8 Å². The zero-order valence-electron chi connectivity index (χ0n) is 8.32. The molecule has 1 heterocycles. The fraction of sp³-hybridized carbons (Fsp3) is 0.400. The second-order valence-corrected chi connectivity index (χ2v) is 3.78. The van der Waals surface area contributed by atoms with Gasteiger partial charge in [0.1, 0.15) is 0 Å². The summed E-state index contributed by atoms with van der Waals surface area (Å²) >= 11 is 0. The molecule has 4 heteroatoms. The lowest BCUT2D eigenvalue weighted by Gasteiger charge is -2.20. The smallest absolute Gasteiger partial charge is 0.310 e. The lowest BCUT2D eigenvalue weighted by atomic mass is 9.94. The Kier molecular flexibility index (Phi) is 3.06. The summed E-state index contributed by atoms with van der Waals surface area (Å²) in [4.78, 5) is 14.7. The van der Waals surface area contributed by atoms with E-state index in [-0.39, 0.29) is 0 Å². The Hall–Kier alpha value is -1.58. The van der Waals surface area contributed by atoms with Crippen LogP contribution in [0.5, 0.6) is 0 Å². The maximum absolute atomic E-state index is 10.8. The van der Waals surface area contributed by atoms with Crippen LogP contribution in [0.3, 0.4) is 0 Å². The minimum atomic E-state index is -0.806. The second-order valence-electron chi connectivity index (χ2n) is 3.78. The standard InChI is InChI=1S/C10H14N2O2/c1-10(2,9(13)14)7-12-8-3-5-11-6-4-8/h3-6H,7H2,1-2H3,(H,11,12)(H,13,14). The molecule has 2 N–H and O–H groups in total. The average Bonchev–Trinajstić information content (AvgIpc) is 2.16. The largest absolute Gasteiger partial charge is 0.481 e. The molecule has 0 amide bonds. The van der Waals surface area contributed by atoms with E-state index in [1.54, 1.807) is 38.4 Å². The first-order valence-corrected chi connectivity index (χ1v) is 4.40. The third kappa shape index (κ3) is 2.73. The summed E-state index contributed by atoms with van der Waals surface area (Å²) in [5.41, 5.74) is 0.123. The Labute approximate surface area is 83.0 Å². The van der Waals surface area contributed by atoms with Crippen molar-refractivity contribution in [2.75, 3.05) is 11.9 Å². The van der Waals surface area contributed by atoms with Crippen LogP contribution in [-0.4, -0.2) is 22.6 Å². The minimum Gasteiger partial charge on any atom is -0.481 e. The van der Waals surface area contributed by atoms with Crippen LogP contribution in [0.25, 0.3) is 0 Å². The first kappa shape index (κ1) is 10.5. The number of nitrogens with one attached hydrogen (secondary N) is 1. The molecule has 4 nitrogen and oxygen atoms in total. The average molecular weight is 194 g/mol. The molecule has 0 unspecified atom stereocenters. The van der Waals surface area contributed by atoms with Crippen molar-refractivity contribution < 1.29 is 9.90 Å². The number of hydrogen-bond acceptors (Lipinski definition) is 3. The minimum absolute atomic E-state index is 0.395. The quantitative estimate of drug-likeness (QED) is 0.764. The third-order valence-corrected chi connectivity index (χ3v) is 1.99. The molecule has 0 spiro atoms. The van der Waals surface area contributed by atoms with E-state index in [1.807, 2.05) is 0 Å². The molecule has 0 aliphatic heterocycles. The highest BCUT2D eigenvalue weighted by Gasteiger charge is 2.26. The number of aliphatic carboxylic acids is 1. The number of aromatic nitrogens is 1. The van der Waals surface area contributed by atoms with Crippen LogP contribution in [0.4, 0.5) is 5.69 Å². The molecular weight excluding hydrogens is 180 g/mol. The number of carbonyl (C=O) groups is 1. The van der Waals surface area contributed by atoms with E-state index in [1.165, 1.54) is 0 Å². The number of carboxylic acids is 1. The highest BCUT2D eigenvalue weighted by Crippen LogP contribution is 2.16. The summed E-state index contributed by atoms with van der Waals surface area (Å²) in [6, 6.07) is 3.61. The van der Waals surface area contributed by atoms with Crippen molar-refractivity contribution in [1.82, 2.24) is 4.98 Å². The molecule has 1 rings (SSSR count). The van der Waals surface area contributed by atoms with Crippen LogP contribution >= 0.6 is 0 Å². The van der Waals surface area contributed by atoms with Crippen molar-refractivity contribution >= 4 is 11.7 Å². The van der Waals surface area contributed by atoms with E-state index in [4.69, 9.17) is 5.11 Å². The van der Waals surface area contributed by atoms with Gasteiger partial charge in [-0.25, -0.2) is 0 Å². The molecule has 0 aliphatic rings. The van der Waals surface area contributed by atoms with Gasteiger partial charge in [-0.3, -0.25) is 9.78 Å². The van der Waals surface area contributed by atoms with Gasteiger partial charge in [0, 0.05) is 24.6 Å². The molecule has 0 atom stereocenters. The van der Waals surface area contributed by atoms with Crippen LogP contribution < -0.4 is 5.32 Å². The fourth-order valence-corrected chi connectivity index (χ4v) is 0.868. The Morgan fingerprint density at radius 3 is 2.57 bits per heavy atom. The molecule has 0 radical (unpaired) electrons. The van der Waals surface area contributed by atoms with E-state index in [2.05, 4.69) is 10.3 Å².